The summed E-state index contributed by atoms with van der Waals surface area (Å²) in [6.45, 7) is 6.90. The molecule has 16 heavy (non-hydrogen) atoms. The predicted octanol–water partition coefficient (Wildman–Crippen LogP) is 1.03. The van der Waals surface area contributed by atoms with Crippen LogP contribution < -0.4 is 5.46 Å². The molecule has 0 unspecified atom stereocenters. The lowest BCUT2D eigenvalue weighted by Gasteiger charge is -2.37. The molecule has 0 aliphatic heterocycles. The van der Waals surface area contributed by atoms with Crippen molar-refractivity contribution in [3.8, 4) is 0 Å². The molecule has 0 aliphatic carbocycles. The van der Waals surface area contributed by atoms with Crippen molar-refractivity contribution in [2.75, 3.05) is 0 Å². The quantitative estimate of drug-likeness (QED) is 0.613. The first-order valence-corrected chi connectivity index (χ1v) is 5.07. The topological polar surface area (TPSA) is 42.4 Å². The van der Waals surface area contributed by atoms with Gasteiger partial charge in [-0.2, -0.15) is 4.39 Å². The number of hydrogen-bond acceptors (Lipinski definition) is 3. The molecule has 0 aromatic carbocycles. The predicted molar refractivity (Wildman–Crippen MR) is 61.0 cm³/mol. The Morgan fingerprint density at radius 1 is 1.31 bits per heavy atom. The molecule has 1 radical (unpaired) electrons. The van der Waals surface area contributed by atoms with E-state index in [0.717, 1.165) is 0 Å². The molecule has 1 N–H and O–H groups in total. The minimum Gasteiger partial charge on any atom is -0.427 e. The molecule has 0 aliphatic rings. The molecular formula is C11H16BFNO2. The zero-order chi connectivity index (χ0) is 12.4. The summed E-state index contributed by atoms with van der Waals surface area (Å²) in [6.07, 6.45) is 1.37. The number of pyridine rings is 1. The summed E-state index contributed by atoms with van der Waals surface area (Å²) in [4.78, 5) is 3.50. The van der Waals surface area contributed by atoms with Gasteiger partial charge < -0.3 is 9.76 Å². The lowest BCUT2D eigenvalue weighted by molar-refractivity contribution is -0.0893. The van der Waals surface area contributed by atoms with Gasteiger partial charge in [-0.3, -0.25) is 0 Å². The summed E-state index contributed by atoms with van der Waals surface area (Å²) >= 11 is 0. The van der Waals surface area contributed by atoms with Crippen LogP contribution in [0.1, 0.15) is 27.7 Å². The van der Waals surface area contributed by atoms with Crippen LogP contribution in [0.15, 0.2) is 18.3 Å². The maximum atomic E-state index is 12.5. The van der Waals surface area contributed by atoms with E-state index in [1.54, 1.807) is 33.8 Å². The van der Waals surface area contributed by atoms with Crippen LogP contribution in [-0.2, 0) is 4.65 Å². The first-order valence-electron chi connectivity index (χ1n) is 5.07. The van der Waals surface area contributed by atoms with Crippen LogP contribution in [-0.4, -0.2) is 28.8 Å². The normalized spacial score (nSPS) is 12.6. The summed E-state index contributed by atoms with van der Waals surface area (Å²) < 4.78 is 18.0. The second kappa shape index (κ2) is 4.51. The Bertz CT molecular complexity index is 346. The monoisotopic (exact) mass is 224 g/mol. The third-order valence-electron chi connectivity index (χ3n) is 2.71. The number of hydrogen-bond donors (Lipinski definition) is 1. The minimum atomic E-state index is -0.975. The van der Waals surface area contributed by atoms with E-state index in [2.05, 4.69) is 4.98 Å². The number of aromatic nitrogens is 1. The van der Waals surface area contributed by atoms with Crippen molar-refractivity contribution in [2.24, 2.45) is 0 Å². The fourth-order valence-corrected chi connectivity index (χ4v) is 0.817. The van der Waals surface area contributed by atoms with Gasteiger partial charge in [0.25, 0.3) is 0 Å². The van der Waals surface area contributed by atoms with Crippen LogP contribution >= 0.6 is 0 Å². The van der Waals surface area contributed by atoms with E-state index in [4.69, 9.17) is 4.65 Å². The fourth-order valence-electron chi connectivity index (χ4n) is 0.817. The standard InChI is InChI=1S/C11H16BFNO2/c1-10(2,15)11(3,4)16-12-8-5-6-9(13)14-7-8/h5-7,15H,1-4H3. The van der Waals surface area contributed by atoms with Gasteiger partial charge in [-0.05, 0) is 39.2 Å². The minimum absolute atomic E-state index is 0.529. The average molecular weight is 224 g/mol. The summed E-state index contributed by atoms with van der Waals surface area (Å²) in [5, 5.41) is 9.85. The Morgan fingerprint density at radius 3 is 2.38 bits per heavy atom. The molecule has 1 aromatic heterocycles. The van der Waals surface area contributed by atoms with Gasteiger partial charge in [-0.15, -0.1) is 0 Å². The lowest BCUT2D eigenvalue weighted by atomic mass is 9.83. The largest absolute Gasteiger partial charge is 0.427 e. The fraction of sp³-hybridized carbons (Fsp3) is 0.545. The van der Waals surface area contributed by atoms with Gasteiger partial charge in [0.05, 0.1) is 11.2 Å². The molecule has 0 atom stereocenters. The third kappa shape index (κ3) is 3.28. The van der Waals surface area contributed by atoms with Crippen LogP contribution in [0.4, 0.5) is 4.39 Å². The second-order valence-electron chi connectivity index (χ2n) is 4.72. The average Bonchev–Trinajstić information content (AvgIpc) is 2.15. The van der Waals surface area contributed by atoms with E-state index in [0.29, 0.717) is 5.46 Å². The second-order valence-corrected chi connectivity index (χ2v) is 4.72. The van der Waals surface area contributed by atoms with Crippen LogP contribution in [0, 0.1) is 5.95 Å². The van der Waals surface area contributed by atoms with Crippen molar-refractivity contribution in [2.45, 2.75) is 38.9 Å². The van der Waals surface area contributed by atoms with E-state index < -0.39 is 17.1 Å². The highest BCUT2D eigenvalue weighted by molar-refractivity contribution is 6.46. The summed E-state index contributed by atoms with van der Waals surface area (Å²) in [6, 6.07) is 2.81. The number of halogens is 1. The summed E-state index contributed by atoms with van der Waals surface area (Å²) in [7, 11) is 1.46. The van der Waals surface area contributed by atoms with Crippen molar-refractivity contribution < 1.29 is 14.2 Å². The smallest absolute Gasteiger partial charge is 0.332 e. The highest BCUT2D eigenvalue weighted by Gasteiger charge is 2.35. The molecule has 87 valence electrons. The van der Waals surface area contributed by atoms with Crippen molar-refractivity contribution >= 4 is 12.9 Å². The van der Waals surface area contributed by atoms with Gasteiger partial charge >= 0.3 is 7.48 Å². The molecule has 5 heteroatoms. The molecule has 3 nitrogen and oxygen atoms in total. The molecule has 1 heterocycles. The lowest BCUT2D eigenvalue weighted by Crippen LogP contribution is -2.49. The molecule has 1 rings (SSSR count). The Balaban J connectivity index is 2.61. The Morgan fingerprint density at radius 2 is 1.94 bits per heavy atom. The molecule has 0 spiro atoms. The third-order valence-corrected chi connectivity index (χ3v) is 2.71. The van der Waals surface area contributed by atoms with E-state index in [-0.39, 0.29) is 0 Å². The molecular weight excluding hydrogens is 208 g/mol. The maximum absolute atomic E-state index is 12.5. The first kappa shape index (κ1) is 13.1. The SMILES string of the molecule is CC(C)(O)C(C)(C)O[B]c1ccc(F)nc1. The van der Waals surface area contributed by atoms with Gasteiger partial charge in [0.15, 0.2) is 0 Å². The zero-order valence-electron chi connectivity index (χ0n) is 9.99. The van der Waals surface area contributed by atoms with Gasteiger partial charge in [0.1, 0.15) is 0 Å². The van der Waals surface area contributed by atoms with Crippen LogP contribution in [0.2, 0.25) is 0 Å². The molecule has 1 aromatic rings. The highest BCUT2D eigenvalue weighted by atomic mass is 19.1. The van der Waals surface area contributed by atoms with Crippen LogP contribution in [0.3, 0.4) is 0 Å². The van der Waals surface area contributed by atoms with Crippen LogP contribution in [0.25, 0.3) is 0 Å². The highest BCUT2D eigenvalue weighted by Crippen LogP contribution is 2.24. The van der Waals surface area contributed by atoms with Gasteiger partial charge in [-0.25, -0.2) is 4.98 Å². The maximum Gasteiger partial charge on any atom is 0.332 e. The zero-order valence-corrected chi connectivity index (χ0v) is 9.99. The Labute approximate surface area is 95.9 Å². The van der Waals surface area contributed by atoms with E-state index in [1.165, 1.54) is 19.7 Å². The van der Waals surface area contributed by atoms with Crippen LogP contribution in [0.5, 0.6) is 0 Å². The Kier molecular flexibility index (Phi) is 3.70. The number of nitrogens with zero attached hydrogens (tertiary/aromatic N) is 1. The number of rotatable bonds is 4. The molecule has 0 fully saturated rings. The molecule has 0 saturated heterocycles. The van der Waals surface area contributed by atoms with Crippen molar-refractivity contribution in [1.29, 1.82) is 0 Å². The van der Waals surface area contributed by atoms with E-state index in [1.807, 2.05) is 0 Å². The van der Waals surface area contributed by atoms with E-state index >= 15 is 0 Å². The first-order chi connectivity index (χ1) is 7.22. The van der Waals surface area contributed by atoms with Gasteiger partial charge in [-0.1, -0.05) is 6.07 Å². The Hall–Kier alpha value is -0.935. The summed E-state index contributed by atoms with van der Waals surface area (Å²) in [5.74, 6) is -0.529. The molecule has 0 amide bonds. The molecule has 0 saturated carbocycles. The van der Waals surface area contributed by atoms with Gasteiger partial charge in [0.2, 0.25) is 5.95 Å². The van der Waals surface area contributed by atoms with E-state index in [9.17, 15) is 9.50 Å². The van der Waals surface area contributed by atoms with Crippen molar-refractivity contribution in [3.05, 3.63) is 24.3 Å². The van der Waals surface area contributed by atoms with Gasteiger partial charge in [0, 0.05) is 6.20 Å². The number of aliphatic hydroxyl groups is 1. The summed E-state index contributed by atoms with van der Waals surface area (Å²) in [5.41, 5.74) is -1.06. The molecule has 0 bridgehead atoms. The van der Waals surface area contributed by atoms with Crippen molar-refractivity contribution in [1.82, 2.24) is 4.98 Å². The van der Waals surface area contributed by atoms with Crippen molar-refractivity contribution in [3.63, 3.8) is 0 Å².